The van der Waals surface area contributed by atoms with Crippen molar-refractivity contribution in [1.82, 2.24) is 0 Å². The molecule has 4 heteroatoms. The van der Waals surface area contributed by atoms with Gasteiger partial charge < -0.3 is 10.5 Å². The molecule has 2 N–H and O–H groups in total. The van der Waals surface area contributed by atoms with Gasteiger partial charge in [-0.25, -0.2) is 0 Å². The largest absolute Gasteiger partial charge is 0.371 e. The molecule has 0 spiro atoms. The Bertz CT molecular complexity index is 76.4. The molecule has 8 heavy (non-hydrogen) atoms. The summed E-state index contributed by atoms with van der Waals surface area (Å²) >= 11 is 3.47. The van der Waals surface area contributed by atoms with Crippen LogP contribution < -0.4 is 5.73 Å². The molecule has 0 aliphatic carbocycles. The lowest BCUT2D eigenvalue weighted by atomic mass is 10.7. The third kappa shape index (κ3) is 5.94. The normalized spacial score (nSPS) is 9.25. The average molecular weight is 135 g/mol. The molecule has 0 atom stereocenters. The molecule has 0 aliphatic heterocycles. The van der Waals surface area contributed by atoms with Gasteiger partial charge in [-0.2, -0.15) is 0 Å². The highest BCUT2D eigenvalue weighted by Gasteiger charge is 1.90. The minimum Gasteiger partial charge on any atom is -0.371 e. The summed E-state index contributed by atoms with van der Waals surface area (Å²) in [6.07, 6.45) is 0. The van der Waals surface area contributed by atoms with Gasteiger partial charge in [0.25, 0.3) is 0 Å². The predicted octanol–water partition coefficient (Wildman–Crippen LogP) is -0.582. The minimum absolute atomic E-state index is 0.0559. The summed E-state index contributed by atoms with van der Waals surface area (Å²) in [5.41, 5.74) is 5.05. The highest BCUT2D eigenvalue weighted by atomic mass is 32.1. The number of rotatable bonds is 4. The van der Waals surface area contributed by atoms with Crippen LogP contribution >= 0.6 is 12.6 Å². The first-order valence-electron chi connectivity index (χ1n) is 2.27. The zero-order valence-electron chi connectivity index (χ0n) is 4.46. The molecule has 48 valence electrons. The predicted molar refractivity (Wildman–Crippen MR) is 33.9 cm³/mol. The molecule has 0 saturated carbocycles. The van der Waals surface area contributed by atoms with Crippen molar-refractivity contribution in [3.63, 3.8) is 0 Å². The Morgan fingerprint density at radius 1 is 1.75 bits per heavy atom. The van der Waals surface area contributed by atoms with Gasteiger partial charge >= 0.3 is 0 Å². The molecule has 0 radical (unpaired) electrons. The monoisotopic (exact) mass is 135 g/mol. The van der Waals surface area contributed by atoms with Gasteiger partial charge in [-0.1, -0.05) is 0 Å². The molecule has 0 aliphatic rings. The smallest absolute Gasteiger partial charge is 0.211 e. The number of nitrogens with two attached hydrogens (primary N) is 1. The van der Waals surface area contributed by atoms with Crippen LogP contribution in [-0.4, -0.2) is 24.9 Å². The number of hydrogen-bond donors (Lipinski definition) is 2. The molecule has 0 amide bonds. The van der Waals surface area contributed by atoms with E-state index in [1.54, 1.807) is 0 Å². The van der Waals surface area contributed by atoms with Crippen LogP contribution in [0.1, 0.15) is 0 Å². The summed E-state index contributed by atoms with van der Waals surface area (Å²) in [6.45, 7) is 0.924. The van der Waals surface area contributed by atoms with E-state index >= 15 is 0 Å². The molecule has 3 nitrogen and oxygen atoms in total. The van der Waals surface area contributed by atoms with Crippen molar-refractivity contribution in [3.05, 3.63) is 0 Å². The first-order chi connectivity index (χ1) is 3.77. The van der Waals surface area contributed by atoms with Crippen molar-refractivity contribution < 1.29 is 9.53 Å². The van der Waals surface area contributed by atoms with Crippen LogP contribution in [0.15, 0.2) is 0 Å². The van der Waals surface area contributed by atoms with Gasteiger partial charge in [-0.15, -0.1) is 12.6 Å². The lowest BCUT2D eigenvalue weighted by Gasteiger charge is -1.94. The van der Waals surface area contributed by atoms with Crippen molar-refractivity contribution >= 4 is 17.7 Å². The molecule has 0 fully saturated rings. The number of carbonyl (C=O) groups excluding carboxylic acids is 1. The van der Waals surface area contributed by atoms with Gasteiger partial charge in [0.15, 0.2) is 0 Å². The number of carbonyl (C=O) groups is 1. The fraction of sp³-hybridized carbons (Fsp3) is 0.750. The number of hydrogen-bond acceptors (Lipinski definition) is 3. The van der Waals surface area contributed by atoms with Crippen LogP contribution in [0, 0.1) is 0 Å². The molecule has 0 aromatic carbocycles. The van der Waals surface area contributed by atoms with Crippen LogP contribution in [0.3, 0.4) is 0 Å². The van der Waals surface area contributed by atoms with Gasteiger partial charge in [0.1, 0.15) is 6.61 Å². The maximum absolute atomic E-state index is 10.0. The molecule has 0 saturated heterocycles. The SMILES string of the molecule is NCCOCC(=O)S. The Labute approximate surface area is 53.6 Å². The Hall–Kier alpha value is -0.0600. The first-order valence-corrected chi connectivity index (χ1v) is 2.71. The van der Waals surface area contributed by atoms with Gasteiger partial charge in [-0.3, -0.25) is 4.79 Å². The molecular weight excluding hydrogens is 126 g/mol. The van der Waals surface area contributed by atoms with E-state index in [2.05, 4.69) is 12.6 Å². The molecule has 0 bridgehead atoms. The van der Waals surface area contributed by atoms with Gasteiger partial charge in [-0.05, 0) is 0 Å². The summed E-state index contributed by atoms with van der Waals surface area (Å²) < 4.78 is 4.69. The third-order valence-electron chi connectivity index (χ3n) is 0.488. The summed E-state index contributed by atoms with van der Waals surface area (Å²) in [4.78, 5) is 10.0. The summed E-state index contributed by atoms with van der Waals surface area (Å²) in [5.74, 6) is 0. The molecule has 0 unspecified atom stereocenters. The van der Waals surface area contributed by atoms with Crippen LogP contribution in [0.2, 0.25) is 0 Å². The second-order valence-corrected chi connectivity index (χ2v) is 1.73. The zero-order chi connectivity index (χ0) is 6.41. The maximum Gasteiger partial charge on any atom is 0.211 e. The van der Waals surface area contributed by atoms with Crippen molar-refractivity contribution in [1.29, 1.82) is 0 Å². The molecule has 0 aromatic heterocycles. The first kappa shape index (κ1) is 7.94. The second-order valence-electron chi connectivity index (χ2n) is 1.23. The Kier molecular flexibility index (Phi) is 5.05. The van der Waals surface area contributed by atoms with Gasteiger partial charge in [0.05, 0.1) is 6.61 Å². The maximum atomic E-state index is 10.0. The lowest BCUT2D eigenvalue weighted by molar-refractivity contribution is -0.114. The summed E-state index contributed by atoms with van der Waals surface area (Å²) in [6, 6.07) is 0. The quantitative estimate of drug-likeness (QED) is 0.400. The molecular formula is C4H9NO2S. The number of thiol groups is 1. The van der Waals surface area contributed by atoms with E-state index in [-0.39, 0.29) is 11.7 Å². The van der Waals surface area contributed by atoms with E-state index in [1.165, 1.54) is 0 Å². The molecule has 0 heterocycles. The van der Waals surface area contributed by atoms with Crippen LogP contribution in [-0.2, 0) is 9.53 Å². The molecule has 0 aromatic rings. The number of ether oxygens (including phenoxy) is 1. The Morgan fingerprint density at radius 2 is 2.38 bits per heavy atom. The Balaban J connectivity index is 2.82. The van der Waals surface area contributed by atoms with E-state index < -0.39 is 0 Å². The zero-order valence-corrected chi connectivity index (χ0v) is 5.36. The third-order valence-corrected chi connectivity index (χ3v) is 0.617. The highest BCUT2D eigenvalue weighted by Crippen LogP contribution is 1.78. The van der Waals surface area contributed by atoms with Crippen molar-refractivity contribution in [2.24, 2.45) is 5.73 Å². The minimum atomic E-state index is -0.265. The second kappa shape index (κ2) is 5.08. The summed E-state index contributed by atoms with van der Waals surface area (Å²) in [5, 5.41) is -0.265. The van der Waals surface area contributed by atoms with Crippen LogP contribution in [0.5, 0.6) is 0 Å². The lowest BCUT2D eigenvalue weighted by Crippen LogP contribution is -2.11. The van der Waals surface area contributed by atoms with E-state index in [0.717, 1.165) is 0 Å². The van der Waals surface area contributed by atoms with Gasteiger partial charge in [0.2, 0.25) is 5.12 Å². The topological polar surface area (TPSA) is 52.3 Å². The highest BCUT2D eigenvalue weighted by molar-refractivity contribution is 7.96. The van der Waals surface area contributed by atoms with E-state index in [4.69, 9.17) is 10.5 Å². The average Bonchev–Trinajstić information content (AvgIpc) is 1.66. The van der Waals surface area contributed by atoms with Crippen molar-refractivity contribution in [3.8, 4) is 0 Å². The summed E-state index contributed by atoms with van der Waals surface area (Å²) in [7, 11) is 0. The van der Waals surface area contributed by atoms with Crippen molar-refractivity contribution in [2.45, 2.75) is 0 Å². The van der Waals surface area contributed by atoms with Gasteiger partial charge in [0, 0.05) is 6.54 Å². The van der Waals surface area contributed by atoms with E-state index in [0.29, 0.717) is 13.2 Å². The fourth-order valence-corrected chi connectivity index (χ4v) is 0.334. The van der Waals surface area contributed by atoms with E-state index in [1.807, 2.05) is 0 Å². The van der Waals surface area contributed by atoms with Crippen LogP contribution in [0.4, 0.5) is 0 Å². The van der Waals surface area contributed by atoms with E-state index in [9.17, 15) is 4.79 Å². The standard InChI is InChI=1S/C4H9NO2S/c5-1-2-7-3-4(6)8/h1-3,5H2,(H,6,8). The van der Waals surface area contributed by atoms with Crippen LogP contribution in [0.25, 0.3) is 0 Å². The molecule has 0 rings (SSSR count). The fourth-order valence-electron chi connectivity index (χ4n) is 0.243. The Morgan fingerprint density at radius 3 is 2.75 bits per heavy atom. The van der Waals surface area contributed by atoms with Crippen molar-refractivity contribution in [2.75, 3.05) is 19.8 Å².